The van der Waals surface area contributed by atoms with Gasteiger partial charge < -0.3 is 20.6 Å². The monoisotopic (exact) mass is 251 g/mol. The highest BCUT2D eigenvalue weighted by Crippen LogP contribution is 2.22. The molecule has 18 heavy (non-hydrogen) atoms. The van der Waals surface area contributed by atoms with Crippen molar-refractivity contribution in [2.45, 2.75) is 0 Å². The molecule has 1 rings (SSSR count). The lowest BCUT2D eigenvalue weighted by Gasteiger charge is -2.22. The van der Waals surface area contributed by atoms with Crippen molar-refractivity contribution >= 4 is 23.3 Å². The molecule has 1 aromatic rings. The molecule has 0 bridgehead atoms. The zero-order valence-electron chi connectivity index (χ0n) is 10.7. The molecule has 6 heteroatoms. The Morgan fingerprint density at radius 3 is 2.39 bits per heavy atom. The van der Waals surface area contributed by atoms with E-state index in [-0.39, 0.29) is 18.0 Å². The van der Waals surface area contributed by atoms with Crippen LogP contribution in [0.15, 0.2) is 18.2 Å². The summed E-state index contributed by atoms with van der Waals surface area (Å²) >= 11 is 0. The van der Waals surface area contributed by atoms with Gasteiger partial charge in [0.05, 0.1) is 17.8 Å². The van der Waals surface area contributed by atoms with E-state index in [1.54, 1.807) is 32.1 Å². The van der Waals surface area contributed by atoms with E-state index in [4.69, 9.17) is 10.8 Å². The number of nitrogen functional groups attached to an aromatic ring is 1. The van der Waals surface area contributed by atoms with E-state index in [9.17, 15) is 9.59 Å². The molecule has 3 N–H and O–H groups in total. The minimum Gasteiger partial charge on any atom is -0.478 e. The summed E-state index contributed by atoms with van der Waals surface area (Å²) in [5.74, 6) is -1.16. The number of hydrogen-bond donors (Lipinski definition) is 2. The van der Waals surface area contributed by atoms with Gasteiger partial charge in [0.25, 0.3) is 0 Å². The third kappa shape index (κ3) is 3.13. The fourth-order valence-electron chi connectivity index (χ4n) is 1.47. The van der Waals surface area contributed by atoms with Crippen molar-refractivity contribution in [3.8, 4) is 0 Å². The fourth-order valence-corrected chi connectivity index (χ4v) is 1.47. The minimum absolute atomic E-state index is 0.0940. The molecule has 0 aliphatic heterocycles. The molecule has 1 aromatic carbocycles. The van der Waals surface area contributed by atoms with E-state index in [0.717, 1.165) is 0 Å². The molecular weight excluding hydrogens is 234 g/mol. The summed E-state index contributed by atoms with van der Waals surface area (Å²) in [7, 11) is 4.95. The summed E-state index contributed by atoms with van der Waals surface area (Å²) in [6.07, 6.45) is 0. The smallest absolute Gasteiger partial charge is 0.337 e. The SMILES string of the molecule is CN(C)C(=O)CN(C)c1cc(N)ccc1C(=O)O. The van der Waals surface area contributed by atoms with E-state index in [2.05, 4.69) is 0 Å². The van der Waals surface area contributed by atoms with Gasteiger partial charge in [-0.05, 0) is 18.2 Å². The van der Waals surface area contributed by atoms with Crippen LogP contribution < -0.4 is 10.6 Å². The second kappa shape index (κ2) is 5.39. The lowest BCUT2D eigenvalue weighted by atomic mass is 10.1. The Morgan fingerprint density at radius 1 is 1.28 bits per heavy atom. The first-order valence-electron chi connectivity index (χ1n) is 5.37. The molecule has 0 aliphatic carbocycles. The number of rotatable bonds is 4. The van der Waals surface area contributed by atoms with E-state index < -0.39 is 5.97 Å². The Morgan fingerprint density at radius 2 is 1.89 bits per heavy atom. The van der Waals surface area contributed by atoms with E-state index >= 15 is 0 Å². The number of carbonyl (C=O) groups excluding carboxylic acids is 1. The number of carboxylic acids is 1. The maximum absolute atomic E-state index is 11.6. The number of nitrogens with zero attached hydrogens (tertiary/aromatic N) is 2. The van der Waals surface area contributed by atoms with Gasteiger partial charge in [0, 0.05) is 26.8 Å². The summed E-state index contributed by atoms with van der Waals surface area (Å²) in [5.41, 5.74) is 6.65. The second-order valence-electron chi connectivity index (χ2n) is 4.23. The highest BCUT2D eigenvalue weighted by Gasteiger charge is 2.16. The quantitative estimate of drug-likeness (QED) is 0.760. The van der Waals surface area contributed by atoms with Crippen molar-refractivity contribution in [3.05, 3.63) is 23.8 Å². The number of hydrogen-bond acceptors (Lipinski definition) is 4. The van der Waals surface area contributed by atoms with Gasteiger partial charge in [-0.25, -0.2) is 4.79 Å². The maximum Gasteiger partial charge on any atom is 0.337 e. The lowest BCUT2D eigenvalue weighted by Crippen LogP contribution is -2.35. The summed E-state index contributed by atoms with van der Waals surface area (Å²) in [4.78, 5) is 25.7. The van der Waals surface area contributed by atoms with E-state index in [1.807, 2.05) is 0 Å². The van der Waals surface area contributed by atoms with Crippen molar-refractivity contribution in [1.29, 1.82) is 0 Å². The largest absolute Gasteiger partial charge is 0.478 e. The summed E-state index contributed by atoms with van der Waals surface area (Å²) in [6, 6.07) is 4.50. The summed E-state index contributed by atoms with van der Waals surface area (Å²) in [6.45, 7) is 0.0940. The van der Waals surface area contributed by atoms with Gasteiger partial charge >= 0.3 is 5.97 Å². The number of aromatic carboxylic acids is 1. The van der Waals surface area contributed by atoms with Crippen molar-refractivity contribution in [2.75, 3.05) is 38.3 Å². The molecule has 0 fully saturated rings. The van der Waals surface area contributed by atoms with Gasteiger partial charge in [0.1, 0.15) is 0 Å². The molecule has 0 aromatic heterocycles. The van der Waals surface area contributed by atoms with Crippen LogP contribution in [0.2, 0.25) is 0 Å². The standard InChI is InChI=1S/C12H17N3O3/c1-14(2)11(16)7-15(3)10-6-8(13)4-5-9(10)12(17)18/h4-6H,7,13H2,1-3H3,(H,17,18). The summed E-state index contributed by atoms with van der Waals surface area (Å²) in [5, 5.41) is 9.09. The molecule has 6 nitrogen and oxygen atoms in total. The number of carboxylic acid groups (broad SMARTS) is 1. The van der Waals surface area contributed by atoms with Gasteiger partial charge in [-0.2, -0.15) is 0 Å². The first-order chi connectivity index (χ1) is 8.32. The highest BCUT2D eigenvalue weighted by atomic mass is 16.4. The fraction of sp³-hybridized carbons (Fsp3) is 0.333. The molecule has 98 valence electrons. The molecule has 0 spiro atoms. The predicted octanol–water partition coefficient (Wildman–Crippen LogP) is 0.491. The zero-order valence-corrected chi connectivity index (χ0v) is 10.7. The molecule has 0 unspecified atom stereocenters. The number of amides is 1. The topological polar surface area (TPSA) is 86.9 Å². The Balaban J connectivity index is 3.04. The molecule has 0 saturated heterocycles. The Labute approximate surface area is 106 Å². The number of anilines is 2. The number of nitrogens with two attached hydrogens (primary N) is 1. The van der Waals surface area contributed by atoms with Crippen LogP contribution in [0, 0.1) is 0 Å². The van der Waals surface area contributed by atoms with E-state index in [0.29, 0.717) is 11.4 Å². The van der Waals surface area contributed by atoms with Gasteiger partial charge in [0.2, 0.25) is 5.91 Å². The van der Waals surface area contributed by atoms with Crippen molar-refractivity contribution in [3.63, 3.8) is 0 Å². The molecule has 1 amide bonds. The van der Waals surface area contributed by atoms with Gasteiger partial charge in [-0.3, -0.25) is 4.79 Å². The average Bonchev–Trinajstić information content (AvgIpc) is 2.28. The number of benzene rings is 1. The van der Waals surface area contributed by atoms with Crippen molar-refractivity contribution < 1.29 is 14.7 Å². The third-order valence-electron chi connectivity index (χ3n) is 2.53. The lowest BCUT2D eigenvalue weighted by molar-refractivity contribution is -0.127. The zero-order chi connectivity index (χ0) is 13.9. The van der Waals surface area contributed by atoms with Crippen molar-refractivity contribution in [1.82, 2.24) is 4.90 Å². The number of carbonyl (C=O) groups is 2. The predicted molar refractivity (Wildman–Crippen MR) is 69.8 cm³/mol. The Bertz CT molecular complexity index is 472. The normalized spacial score (nSPS) is 9.94. The first-order valence-corrected chi connectivity index (χ1v) is 5.37. The van der Waals surface area contributed by atoms with Crippen LogP contribution in [0.4, 0.5) is 11.4 Å². The number of likely N-dealkylation sites (N-methyl/N-ethyl adjacent to an activating group) is 2. The molecular formula is C12H17N3O3. The molecule has 0 aliphatic rings. The van der Waals surface area contributed by atoms with Crippen LogP contribution in [0.1, 0.15) is 10.4 Å². The molecule has 0 saturated carbocycles. The van der Waals surface area contributed by atoms with Crippen LogP contribution >= 0.6 is 0 Å². The first kappa shape index (κ1) is 13.8. The van der Waals surface area contributed by atoms with Crippen molar-refractivity contribution in [2.24, 2.45) is 0 Å². The second-order valence-corrected chi connectivity index (χ2v) is 4.23. The minimum atomic E-state index is -1.05. The van der Waals surface area contributed by atoms with Crippen LogP contribution in [-0.4, -0.2) is 49.6 Å². The Hall–Kier alpha value is -2.24. The van der Waals surface area contributed by atoms with Crippen LogP contribution in [0.5, 0.6) is 0 Å². The third-order valence-corrected chi connectivity index (χ3v) is 2.53. The van der Waals surface area contributed by atoms with Crippen LogP contribution in [0.25, 0.3) is 0 Å². The van der Waals surface area contributed by atoms with Gasteiger partial charge in [-0.15, -0.1) is 0 Å². The summed E-state index contributed by atoms with van der Waals surface area (Å²) < 4.78 is 0. The van der Waals surface area contributed by atoms with Gasteiger partial charge in [-0.1, -0.05) is 0 Å². The maximum atomic E-state index is 11.6. The molecule has 0 atom stereocenters. The molecule has 0 radical (unpaired) electrons. The van der Waals surface area contributed by atoms with E-state index in [1.165, 1.54) is 17.0 Å². The molecule has 0 heterocycles. The highest BCUT2D eigenvalue weighted by molar-refractivity contribution is 5.96. The van der Waals surface area contributed by atoms with Gasteiger partial charge in [0.15, 0.2) is 0 Å². The average molecular weight is 251 g/mol. The van der Waals surface area contributed by atoms with Crippen LogP contribution in [-0.2, 0) is 4.79 Å². The Kier molecular flexibility index (Phi) is 4.14. The van der Waals surface area contributed by atoms with Crippen LogP contribution in [0.3, 0.4) is 0 Å².